The van der Waals surface area contributed by atoms with Crippen LogP contribution >= 0.6 is 0 Å². The van der Waals surface area contributed by atoms with Crippen LogP contribution in [-0.2, 0) is 9.53 Å². The molecule has 72 valence electrons. The van der Waals surface area contributed by atoms with Crippen molar-refractivity contribution in [3.8, 4) is 0 Å². The SMILES string of the molecule is CCCOCNC(=O)C(C)CC. The van der Waals surface area contributed by atoms with Crippen molar-refractivity contribution in [2.75, 3.05) is 13.3 Å². The quantitative estimate of drug-likeness (QED) is 0.488. The Bertz CT molecular complexity index is 126. The predicted molar refractivity (Wildman–Crippen MR) is 48.7 cm³/mol. The number of rotatable bonds is 6. The zero-order chi connectivity index (χ0) is 9.40. The number of amides is 1. The Morgan fingerprint density at radius 2 is 2.17 bits per heavy atom. The Morgan fingerprint density at radius 3 is 2.67 bits per heavy atom. The summed E-state index contributed by atoms with van der Waals surface area (Å²) >= 11 is 0. The largest absolute Gasteiger partial charge is 0.361 e. The molecular formula is C9H19NO2. The summed E-state index contributed by atoms with van der Waals surface area (Å²) in [5, 5.41) is 2.71. The highest BCUT2D eigenvalue weighted by Gasteiger charge is 2.08. The first-order chi connectivity index (χ1) is 5.72. The van der Waals surface area contributed by atoms with E-state index in [-0.39, 0.29) is 11.8 Å². The lowest BCUT2D eigenvalue weighted by Crippen LogP contribution is -2.30. The smallest absolute Gasteiger partial charge is 0.224 e. The molecule has 1 unspecified atom stereocenters. The van der Waals surface area contributed by atoms with Gasteiger partial charge in [0.2, 0.25) is 5.91 Å². The Hall–Kier alpha value is -0.570. The Morgan fingerprint density at radius 1 is 1.50 bits per heavy atom. The highest BCUT2D eigenvalue weighted by molar-refractivity contribution is 5.77. The van der Waals surface area contributed by atoms with Gasteiger partial charge >= 0.3 is 0 Å². The number of hydrogen-bond donors (Lipinski definition) is 1. The molecule has 0 saturated carbocycles. The minimum atomic E-state index is 0.0774. The normalized spacial score (nSPS) is 12.6. The highest BCUT2D eigenvalue weighted by Crippen LogP contribution is 1.98. The second-order valence-electron chi connectivity index (χ2n) is 2.90. The van der Waals surface area contributed by atoms with Crippen LogP contribution in [0.25, 0.3) is 0 Å². The fourth-order valence-electron chi connectivity index (χ4n) is 0.698. The lowest BCUT2D eigenvalue weighted by molar-refractivity contribution is -0.126. The Labute approximate surface area is 74.5 Å². The lowest BCUT2D eigenvalue weighted by Gasteiger charge is -2.09. The van der Waals surface area contributed by atoms with Gasteiger partial charge < -0.3 is 10.1 Å². The van der Waals surface area contributed by atoms with E-state index in [2.05, 4.69) is 5.32 Å². The first-order valence-electron chi connectivity index (χ1n) is 4.57. The van der Waals surface area contributed by atoms with Crippen LogP contribution in [0.3, 0.4) is 0 Å². The van der Waals surface area contributed by atoms with E-state index in [9.17, 15) is 4.79 Å². The monoisotopic (exact) mass is 173 g/mol. The van der Waals surface area contributed by atoms with Gasteiger partial charge in [0, 0.05) is 12.5 Å². The number of ether oxygens (including phenoxy) is 1. The summed E-state index contributed by atoms with van der Waals surface area (Å²) in [6.07, 6.45) is 1.86. The third-order valence-electron chi connectivity index (χ3n) is 1.76. The van der Waals surface area contributed by atoms with Crippen LogP contribution in [0.5, 0.6) is 0 Å². The summed E-state index contributed by atoms with van der Waals surface area (Å²) in [6.45, 7) is 7.00. The predicted octanol–water partition coefficient (Wildman–Crippen LogP) is 1.53. The van der Waals surface area contributed by atoms with Crippen molar-refractivity contribution >= 4 is 5.91 Å². The van der Waals surface area contributed by atoms with Crippen molar-refractivity contribution in [2.45, 2.75) is 33.6 Å². The second-order valence-corrected chi connectivity index (χ2v) is 2.90. The summed E-state index contributed by atoms with van der Waals surface area (Å²) < 4.78 is 5.12. The zero-order valence-corrected chi connectivity index (χ0v) is 8.22. The van der Waals surface area contributed by atoms with Gasteiger partial charge in [0.15, 0.2) is 0 Å². The minimum absolute atomic E-state index is 0.0774. The molecule has 1 amide bonds. The molecule has 0 aliphatic heterocycles. The number of carbonyl (C=O) groups excluding carboxylic acids is 1. The maximum Gasteiger partial charge on any atom is 0.224 e. The molecule has 0 aromatic rings. The van der Waals surface area contributed by atoms with Crippen LogP contribution in [-0.4, -0.2) is 19.2 Å². The standard InChI is InChI=1S/C9H19NO2/c1-4-6-12-7-10-9(11)8(3)5-2/h8H,4-7H2,1-3H3,(H,10,11). The van der Waals surface area contributed by atoms with Crippen molar-refractivity contribution in [1.82, 2.24) is 5.32 Å². The molecule has 3 nitrogen and oxygen atoms in total. The summed E-state index contributed by atoms with van der Waals surface area (Å²) in [4.78, 5) is 11.1. The van der Waals surface area contributed by atoms with Gasteiger partial charge in [0.1, 0.15) is 6.73 Å². The summed E-state index contributed by atoms with van der Waals surface area (Å²) in [6, 6.07) is 0. The lowest BCUT2D eigenvalue weighted by atomic mass is 10.1. The van der Waals surface area contributed by atoms with E-state index in [0.717, 1.165) is 12.8 Å². The van der Waals surface area contributed by atoms with Crippen LogP contribution in [0.15, 0.2) is 0 Å². The van der Waals surface area contributed by atoms with E-state index < -0.39 is 0 Å². The Kier molecular flexibility index (Phi) is 6.76. The first-order valence-corrected chi connectivity index (χ1v) is 4.57. The third-order valence-corrected chi connectivity index (χ3v) is 1.76. The molecule has 0 bridgehead atoms. The number of carbonyl (C=O) groups is 1. The van der Waals surface area contributed by atoms with Crippen molar-refractivity contribution < 1.29 is 9.53 Å². The molecule has 0 rings (SSSR count). The molecule has 1 N–H and O–H groups in total. The topological polar surface area (TPSA) is 38.3 Å². The summed E-state index contributed by atoms with van der Waals surface area (Å²) in [7, 11) is 0. The van der Waals surface area contributed by atoms with Gasteiger partial charge in [-0.3, -0.25) is 4.79 Å². The maximum absolute atomic E-state index is 11.1. The Balaban J connectivity index is 3.31. The fourth-order valence-corrected chi connectivity index (χ4v) is 0.698. The molecule has 1 atom stereocenters. The van der Waals surface area contributed by atoms with E-state index in [4.69, 9.17) is 4.74 Å². The summed E-state index contributed by atoms with van der Waals surface area (Å²) in [5.74, 6) is 0.170. The fraction of sp³-hybridized carbons (Fsp3) is 0.889. The molecule has 12 heavy (non-hydrogen) atoms. The van der Waals surface area contributed by atoms with Gasteiger partial charge in [-0.25, -0.2) is 0 Å². The van der Waals surface area contributed by atoms with E-state index in [1.165, 1.54) is 0 Å². The van der Waals surface area contributed by atoms with Gasteiger partial charge in [-0.15, -0.1) is 0 Å². The average Bonchev–Trinajstić information content (AvgIpc) is 2.10. The molecule has 0 heterocycles. The van der Waals surface area contributed by atoms with Crippen molar-refractivity contribution in [2.24, 2.45) is 5.92 Å². The molecular weight excluding hydrogens is 154 g/mol. The highest BCUT2D eigenvalue weighted by atomic mass is 16.5. The van der Waals surface area contributed by atoms with Crippen LogP contribution < -0.4 is 5.32 Å². The average molecular weight is 173 g/mol. The molecule has 0 spiro atoms. The maximum atomic E-state index is 11.1. The van der Waals surface area contributed by atoms with Crippen LogP contribution in [0.2, 0.25) is 0 Å². The molecule has 0 aliphatic rings. The van der Waals surface area contributed by atoms with E-state index in [0.29, 0.717) is 13.3 Å². The van der Waals surface area contributed by atoms with Gasteiger partial charge in [-0.2, -0.15) is 0 Å². The minimum Gasteiger partial charge on any atom is -0.361 e. The van der Waals surface area contributed by atoms with Crippen molar-refractivity contribution in [3.63, 3.8) is 0 Å². The molecule has 0 aliphatic carbocycles. The summed E-state index contributed by atoms with van der Waals surface area (Å²) in [5.41, 5.74) is 0. The van der Waals surface area contributed by atoms with E-state index >= 15 is 0 Å². The van der Waals surface area contributed by atoms with E-state index in [1.54, 1.807) is 0 Å². The van der Waals surface area contributed by atoms with Gasteiger partial charge in [0.25, 0.3) is 0 Å². The zero-order valence-electron chi connectivity index (χ0n) is 8.22. The van der Waals surface area contributed by atoms with Gasteiger partial charge in [0.05, 0.1) is 0 Å². The molecule has 0 aromatic carbocycles. The molecule has 0 radical (unpaired) electrons. The number of hydrogen-bond acceptors (Lipinski definition) is 2. The number of nitrogens with one attached hydrogen (secondary N) is 1. The van der Waals surface area contributed by atoms with Crippen LogP contribution in [0.1, 0.15) is 33.6 Å². The van der Waals surface area contributed by atoms with Gasteiger partial charge in [-0.1, -0.05) is 20.8 Å². The molecule has 0 saturated heterocycles. The first kappa shape index (κ1) is 11.4. The van der Waals surface area contributed by atoms with Gasteiger partial charge in [-0.05, 0) is 12.8 Å². The molecule has 3 heteroatoms. The van der Waals surface area contributed by atoms with Crippen molar-refractivity contribution in [3.05, 3.63) is 0 Å². The molecule has 0 fully saturated rings. The van der Waals surface area contributed by atoms with Crippen LogP contribution in [0.4, 0.5) is 0 Å². The van der Waals surface area contributed by atoms with E-state index in [1.807, 2.05) is 20.8 Å². The van der Waals surface area contributed by atoms with Crippen LogP contribution in [0, 0.1) is 5.92 Å². The third kappa shape index (κ3) is 5.13. The second kappa shape index (κ2) is 7.10. The molecule has 0 aromatic heterocycles. The van der Waals surface area contributed by atoms with Crippen molar-refractivity contribution in [1.29, 1.82) is 0 Å².